The lowest BCUT2D eigenvalue weighted by molar-refractivity contribution is 0.0888. The molecule has 22 heavy (non-hydrogen) atoms. The van der Waals surface area contributed by atoms with Gasteiger partial charge in [-0.05, 0) is 24.0 Å². The average molecular weight is 303 g/mol. The molecule has 0 aliphatic carbocycles. The van der Waals surface area contributed by atoms with Crippen LogP contribution in [0.15, 0.2) is 35.1 Å². The van der Waals surface area contributed by atoms with Crippen molar-refractivity contribution in [3.8, 4) is 11.3 Å². The van der Waals surface area contributed by atoms with Crippen LogP contribution in [0, 0.1) is 5.41 Å². The van der Waals surface area contributed by atoms with Gasteiger partial charge in [-0.3, -0.25) is 9.78 Å². The van der Waals surface area contributed by atoms with Crippen LogP contribution in [0.4, 0.5) is 0 Å². The van der Waals surface area contributed by atoms with Crippen molar-refractivity contribution in [2.24, 2.45) is 5.41 Å². The molecule has 2 aromatic rings. The van der Waals surface area contributed by atoms with Gasteiger partial charge in [0, 0.05) is 24.0 Å². The fourth-order valence-electron chi connectivity index (χ4n) is 2.19. The van der Waals surface area contributed by atoms with E-state index in [0.29, 0.717) is 12.2 Å². The van der Waals surface area contributed by atoms with Gasteiger partial charge in [-0.1, -0.05) is 25.9 Å². The third-order valence-corrected chi connectivity index (χ3v) is 3.10. The van der Waals surface area contributed by atoms with Crippen LogP contribution in [0.3, 0.4) is 0 Å². The molecule has 2 rings (SSSR count). The predicted octanol–water partition coefficient (Wildman–Crippen LogP) is 2.26. The maximum atomic E-state index is 12.2. The van der Waals surface area contributed by atoms with E-state index >= 15 is 0 Å². The van der Waals surface area contributed by atoms with E-state index in [2.05, 4.69) is 36.2 Å². The summed E-state index contributed by atoms with van der Waals surface area (Å²) in [5.74, 6) is 0.122. The lowest BCUT2D eigenvalue weighted by atomic mass is 9.88. The Morgan fingerprint density at radius 1 is 1.45 bits per heavy atom. The minimum absolute atomic E-state index is 0.00533. The van der Waals surface area contributed by atoms with Gasteiger partial charge in [0.15, 0.2) is 11.5 Å². The monoisotopic (exact) mass is 303 g/mol. The standard InChI is InChI=1S/C16H21N3O3/c1-16(2,3)8-12(10-20)18-15(21)13-7-14(22-19-13)11-5-4-6-17-9-11/h4-7,9,12,20H,8,10H2,1-3H3,(H,18,21). The molecule has 0 spiro atoms. The zero-order valence-corrected chi connectivity index (χ0v) is 13.0. The molecule has 0 fully saturated rings. The fourth-order valence-corrected chi connectivity index (χ4v) is 2.19. The maximum absolute atomic E-state index is 12.2. The molecule has 2 aromatic heterocycles. The Morgan fingerprint density at radius 2 is 2.23 bits per heavy atom. The summed E-state index contributed by atoms with van der Waals surface area (Å²) in [6, 6.07) is 4.86. The molecule has 1 amide bonds. The zero-order chi connectivity index (χ0) is 16.2. The topological polar surface area (TPSA) is 88.2 Å². The predicted molar refractivity (Wildman–Crippen MR) is 82.1 cm³/mol. The van der Waals surface area contributed by atoms with E-state index in [9.17, 15) is 9.90 Å². The van der Waals surface area contributed by atoms with E-state index in [1.165, 1.54) is 0 Å². The summed E-state index contributed by atoms with van der Waals surface area (Å²) in [7, 11) is 0. The highest BCUT2D eigenvalue weighted by molar-refractivity contribution is 5.93. The molecule has 1 unspecified atom stereocenters. The molecule has 0 saturated heterocycles. The van der Waals surface area contributed by atoms with Crippen LogP contribution >= 0.6 is 0 Å². The number of carbonyl (C=O) groups is 1. The molecule has 1 atom stereocenters. The highest BCUT2D eigenvalue weighted by atomic mass is 16.5. The van der Waals surface area contributed by atoms with E-state index in [-0.39, 0.29) is 29.7 Å². The first-order valence-corrected chi connectivity index (χ1v) is 7.18. The molecule has 0 aliphatic rings. The number of carbonyl (C=O) groups excluding carboxylic acids is 1. The van der Waals surface area contributed by atoms with Crippen molar-refractivity contribution in [3.05, 3.63) is 36.3 Å². The Hall–Kier alpha value is -2.21. The van der Waals surface area contributed by atoms with E-state index in [1.807, 2.05) is 6.07 Å². The second-order valence-corrected chi connectivity index (χ2v) is 6.44. The van der Waals surface area contributed by atoms with Crippen LogP contribution in [0.25, 0.3) is 11.3 Å². The second-order valence-electron chi connectivity index (χ2n) is 6.44. The zero-order valence-electron chi connectivity index (χ0n) is 13.0. The number of pyridine rings is 1. The number of rotatable bonds is 5. The van der Waals surface area contributed by atoms with E-state index in [1.54, 1.807) is 24.5 Å². The molecule has 0 saturated carbocycles. The number of aromatic nitrogens is 2. The van der Waals surface area contributed by atoms with E-state index < -0.39 is 0 Å². The number of hydrogen-bond acceptors (Lipinski definition) is 5. The van der Waals surface area contributed by atoms with Crippen molar-refractivity contribution in [2.45, 2.75) is 33.2 Å². The summed E-state index contributed by atoms with van der Waals surface area (Å²) < 4.78 is 5.17. The largest absolute Gasteiger partial charge is 0.394 e. The van der Waals surface area contributed by atoms with Gasteiger partial charge in [0.05, 0.1) is 12.6 Å². The summed E-state index contributed by atoms with van der Waals surface area (Å²) >= 11 is 0. The van der Waals surface area contributed by atoms with Crippen molar-refractivity contribution in [1.29, 1.82) is 0 Å². The maximum Gasteiger partial charge on any atom is 0.273 e. The smallest absolute Gasteiger partial charge is 0.273 e. The van der Waals surface area contributed by atoms with Crippen molar-refractivity contribution in [1.82, 2.24) is 15.5 Å². The lowest BCUT2D eigenvalue weighted by Crippen LogP contribution is -2.40. The van der Waals surface area contributed by atoms with Crippen LogP contribution in [0.5, 0.6) is 0 Å². The molecule has 0 radical (unpaired) electrons. The number of hydrogen-bond donors (Lipinski definition) is 2. The number of aliphatic hydroxyl groups excluding tert-OH is 1. The summed E-state index contributed by atoms with van der Waals surface area (Å²) in [6.45, 7) is 6.05. The van der Waals surface area contributed by atoms with Crippen LogP contribution in [0.1, 0.15) is 37.7 Å². The van der Waals surface area contributed by atoms with Crippen LogP contribution in [-0.2, 0) is 0 Å². The van der Waals surface area contributed by atoms with Gasteiger partial charge in [-0.25, -0.2) is 0 Å². The van der Waals surface area contributed by atoms with E-state index in [0.717, 1.165) is 5.56 Å². The number of aliphatic hydroxyl groups is 1. The Balaban J connectivity index is 2.06. The van der Waals surface area contributed by atoms with Crippen molar-refractivity contribution in [3.63, 3.8) is 0 Å². The average Bonchev–Trinajstić information content (AvgIpc) is 2.96. The Bertz CT molecular complexity index is 617. The molecule has 2 N–H and O–H groups in total. The first-order chi connectivity index (χ1) is 10.4. The molecule has 6 nitrogen and oxygen atoms in total. The second kappa shape index (κ2) is 6.70. The number of amides is 1. The van der Waals surface area contributed by atoms with Gasteiger partial charge in [-0.2, -0.15) is 0 Å². The highest BCUT2D eigenvalue weighted by Crippen LogP contribution is 2.21. The summed E-state index contributed by atoms with van der Waals surface area (Å²) in [6.07, 6.45) is 3.96. The van der Waals surface area contributed by atoms with Gasteiger partial charge >= 0.3 is 0 Å². The fraction of sp³-hybridized carbons (Fsp3) is 0.438. The first-order valence-electron chi connectivity index (χ1n) is 7.18. The normalized spacial score (nSPS) is 12.9. The lowest BCUT2D eigenvalue weighted by Gasteiger charge is -2.25. The van der Waals surface area contributed by atoms with Crippen LogP contribution < -0.4 is 5.32 Å². The minimum Gasteiger partial charge on any atom is -0.394 e. The Kier molecular flexibility index (Phi) is 4.92. The van der Waals surface area contributed by atoms with Crippen LogP contribution in [0.2, 0.25) is 0 Å². The third kappa shape index (κ3) is 4.39. The van der Waals surface area contributed by atoms with Gasteiger partial charge in [-0.15, -0.1) is 0 Å². The number of nitrogens with one attached hydrogen (secondary N) is 1. The Morgan fingerprint density at radius 3 is 2.82 bits per heavy atom. The van der Waals surface area contributed by atoms with Gasteiger partial charge in [0.2, 0.25) is 0 Å². The van der Waals surface area contributed by atoms with Crippen molar-refractivity contribution in [2.75, 3.05) is 6.61 Å². The molecular formula is C16H21N3O3. The van der Waals surface area contributed by atoms with E-state index in [4.69, 9.17) is 4.52 Å². The third-order valence-electron chi connectivity index (χ3n) is 3.10. The SMILES string of the molecule is CC(C)(C)CC(CO)NC(=O)c1cc(-c2cccnc2)on1. The quantitative estimate of drug-likeness (QED) is 0.884. The summed E-state index contributed by atoms with van der Waals surface area (Å²) in [5, 5.41) is 16.0. The summed E-state index contributed by atoms with van der Waals surface area (Å²) in [4.78, 5) is 16.2. The van der Waals surface area contributed by atoms with Crippen molar-refractivity contribution >= 4 is 5.91 Å². The molecule has 0 aromatic carbocycles. The molecule has 6 heteroatoms. The molecule has 0 bridgehead atoms. The highest BCUT2D eigenvalue weighted by Gasteiger charge is 2.22. The van der Waals surface area contributed by atoms with Gasteiger partial charge in [0.1, 0.15) is 0 Å². The molecule has 0 aliphatic heterocycles. The van der Waals surface area contributed by atoms with Crippen molar-refractivity contribution < 1.29 is 14.4 Å². The minimum atomic E-state index is -0.359. The van der Waals surface area contributed by atoms with Gasteiger partial charge in [0.25, 0.3) is 5.91 Å². The van der Waals surface area contributed by atoms with Crippen LogP contribution in [-0.4, -0.2) is 33.8 Å². The van der Waals surface area contributed by atoms with Gasteiger partial charge < -0.3 is 14.9 Å². The number of nitrogens with zero attached hydrogens (tertiary/aromatic N) is 2. The summed E-state index contributed by atoms with van der Waals surface area (Å²) in [5.41, 5.74) is 0.944. The molecule has 2 heterocycles. The molecular weight excluding hydrogens is 282 g/mol. The molecule has 118 valence electrons. The first kappa shape index (κ1) is 16.2. The Labute approximate surface area is 129 Å².